The molecule has 1 fully saturated rings. The molecule has 3 nitrogen and oxygen atoms in total. The molecule has 0 radical (unpaired) electrons. The molecule has 0 spiro atoms. The van der Waals surface area contributed by atoms with E-state index in [1.165, 1.54) is 4.90 Å². The number of carbonyl (C=O) groups excluding carboxylic acids is 2. The van der Waals surface area contributed by atoms with Gasteiger partial charge in [-0.3, -0.25) is 14.5 Å². The van der Waals surface area contributed by atoms with Gasteiger partial charge in [0, 0.05) is 18.3 Å². The molecule has 1 aliphatic rings. The number of imide groups is 1. The van der Waals surface area contributed by atoms with Crippen molar-refractivity contribution in [3.8, 4) is 12.3 Å². The van der Waals surface area contributed by atoms with Crippen LogP contribution in [0.25, 0.3) is 0 Å². The second kappa shape index (κ2) is 4.48. The van der Waals surface area contributed by atoms with Gasteiger partial charge in [-0.1, -0.05) is 20.8 Å². The largest absolute Gasteiger partial charge is 0.278 e. The number of hydrogen-bond donors (Lipinski definition) is 0. The number of carbonyl (C=O) groups is 2. The smallest absolute Gasteiger partial charge is 0.233 e. The predicted octanol–water partition coefficient (Wildman–Crippen LogP) is 1.43. The highest BCUT2D eigenvalue weighted by molar-refractivity contribution is 6.05. The Morgan fingerprint density at radius 3 is 2.13 bits per heavy atom. The molecule has 0 N–H and O–H groups in total. The number of terminal acetylenes is 1. The maximum atomic E-state index is 11.8. The van der Waals surface area contributed by atoms with Gasteiger partial charge in [-0.2, -0.15) is 0 Å². The van der Waals surface area contributed by atoms with Crippen molar-refractivity contribution in [1.29, 1.82) is 0 Å². The highest BCUT2D eigenvalue weighted by Gasteiger charge is 2.44. The minimum absolute atomic E-state index is 0.0744. The Kier molecular flexibility index (Phi) is 3.52. The fourth-order valence-electron chi connectivity index (χ4n) is 1.89. The molecular formula is C12H17NO2. The van der Waals surface area contributed by atoms with E-state index in [0.717, 1.165) is 6.42 Å². The zero-order valence-electron chi connectivity index (χ0n) is 9.49. The fourth-order valence-corrected chi connectivity index (χ4v) is 1.89. The Labute approximate surface area is 90.8 Å². The molecule has 0 saturated carbocycles. The van der Waals surface area contributed by atoms with E-state index in [1.807, 2.05) is 6.92 Å². The van der Waals surface area contributed by atoms with Crippen molar-refractivity contribution in [2.75, 3.05) is 0 Å². The van der Waals surface area contributed by atoms with E-state index in [9.17, 15) is 9.59 Å². The number of nitrogens with zero attached hydrogens (tertiary/aromatic N) is 1. The lowest BCUT2D eigenvalue weighted by atomic mass is 10.00. The average molecular weight is 207 g/mol. The van der Waals surface area contributed by atoms with E-state index in [1.54, 1.807) is 13.8 Å². The zero-order chi connectivity index (χ0) is 11.6. The first-order valence-electron chi connectivity index (χ1n) is 5.34. The van der Waals surface area contributed by atoms with Crippen LogP contribution < -0.4 is 0 Å². The van der Waals surface area contributed by atoms with Crippen molar-refractivity contribution < 1.29 is 9.59 Å². The summed E-state index contributed by atoms with van der Waals surface area (Å²) in [4.78, 5) is 25.0. The number of likely N-dealkylation sites (tertiary alicyclic amines) is 1. The summed E-state index contributed by atoms with van der Waals surface area (Å²) in [5, 5.41) is 0. The first-order valence-corrected chi connectivity index (χ1v) is 5.34. The van der Waals surface area contributed by atoms with Crippen LogP contribution in [0.1, 0.15) is 33.6 Å². The molecule has 0 aromatic rings. The summed E-state index contributed by atoms with van der Waals surface area (Å²) in [5.41, 5.74) is 0. The molecule has 1 saturated heterocycles. The molecule has 1 aliphatic heterocycles. The third-order valence-electron chi connectivity index (χ3n) is 3.19. The van der Waals surface area contributed by atoms with Crippen molar-refractivity contribution in [3.05, 3.63) is 0 Å². The first-order chi connectivity index (χ1) is 7.04. The summed E-state index contributed by atoms with van der Waals surface area (Å²) in [6.45, 7) is 5.54. The van der Waals surface area contributed by atoms with Gasteiger partial charge in [0.15, 0.2) is 0 Å². The highest BCUT2D eigenvalue weighted by atomic mass is 16.2. The molecule has 3 heteroatoms. The topological polar surface area (TPSA) is 37.4 Å². The summed E-state index contributed by atoms with van der Waals surface area (Å²) >= 11 is 0. The first kappa shape index (κ1) is 11.8. The Morgan fingerprint density at radius 1 is 1.33 bits per heavy atom. The monoisotopic (exact) mass is 207 g/mol. The molecule has 0 aliphatic carbocycles. The molecule has 2 amide bonds. The van der Waals surface area contributed by atoms with E-state index in [0.29, 0.717) is 6.42 Å². The number of rotatable bonds is 3. The van der Waals surface area contributed by atoms with E-state index in [4.69, 9.17) is 6.42 Å². The second-order valence-corrected chi connectivity index (χ2v) is 4.09. The standard InChI is InChI=1S/C12H17NO2/c1-5-7-10(6-2)13-11(14)8(3)9(4)12(13)15/h1,8-10H,6-7H2,2-4H3. The van der Waals surface area contributed by atoms with Crippen molar-refractivity contribution in [3.63, 3.8) is 0 Å². The van der Waals surface area contributed by atoms with Crippen molar-refractivity contribution in [1.82, 2.24) is 4.90 Å². The Morgan fingerprint density at radius 2 is 1.80 bits per heavy atom. The summed E-state index contributed by atoms with van der Waals surface area (Å²) in [6, 6.07) is -0.123. The Balaban J connectivity index is 2.90. The lowest BCUT2D eigenvalue weighted by molar-refractivity contribution is -0.142. The molecular weight excluding hydrogens is 190 g/mol. The Hall–Kier alpha value is -1.30. The molecule has 0 bridgehead atoms. The van der Waals surface area contributed by atoms with Crippen LogP contribution in [0, 0.1) is 24.2 Å². The number of amides is 2. The summed E-state index contributed by atoms with van der Waals surface area (Å²) in [7, 11) is 0. The average Bonchev–Trinajstić information content (AvgIpc) is 2.41. The lowest BCUT2D eigenvalue weighted by Crippen LogP contribution is -2.40. The molecule has 3 atom stereocenters. The molecule has 1 heterocycles. The Bertz CT molecular complexity index is 296. The van der Waals surface area contributed by atoms with E-state index in [-0.39, 0.29) is 29.7 Å². The van der Waals surface area contributed by atoms with Gasteiger partial charge >= 0.3 is 0 Å². The van der Waals surface area contributed by atoms with Crippen molar-refractivity contribution in [2.45, 2.75) is 39.7 Å². The van der Waals surface area contributed by atoms with Gasteiger partial charge in [0.2, 0.25) is 11.8 Å². The van der Waals surface area contributed by atoms with Gasteiger partial charge in [0.25, 0.3) is 0 Å². The van der Waals surface area contributed by atoms with Gasteiger partial charge < -0.3 is 0 Å². The fraction of sp³-hybridized carbons (Fsp3) is 0.667. The van der Waals surface area contributed by atoms with E-state index < -0.39 is 0 Å². The van der Waals surface area contributed by atoms with Crippen LogP contribution in [-0.4, -0.2) is 22.8 Å². The molecule has 0 aromatic carbocycles. The van der Waals surface area contributed by atoms with Crippen LogP contribution in [-0.2, 0) is 9.59 Å². The quantitative estimate of drug-likeness (QED) is 0.518. The van der Waals surface area contributed by atoms with Gasteiger partial charge in [0.1, 0.15) is 0 Å². The summed E-state index contributed by atoms with van der Waals surface area (Å²) < 4.78 is 0. The number of hydrogen-bond acceptors (Lipinski definition) is 2. The second-order valence-electron chi connectivity index (χ2n) is 4.09. The maximum absolute atomic E-state index is 11.8. The van der Waals surface area contributed by atoms with Crippen LogP contribution in [0.4, 0.5) is 0 Å². The van der Waals surface area contributed by atoms with Gasteiger partial charge in [-0.25, -0.2) is 0 Å². The molecule has 0 aromatic heterocycles. The third kappa shape index (κ3) is 1.90. The van der Waals surface area contributed by atoms with E-state index >= 15 is 0 Å². The molecule has 1 rings (SSSR count). The zero-order valence-corrected chi connectivity index (χ0v) is 9.49. The van der Waals surface area contributed by atoms with Crippen LogP contribution in [0.3, 0.4) is 0 Å². The SMILES string of the molecule is C#CCC(CC)N1C(=O)C(C)C(C)C1=O. The van der Waals surface area contributed by atoms with Crippen molar-refractivity contribution in [2.24, 2.45) is 11.8 Å². The van der Waals surface area contributed by atoms with Gasteiger partial charge in [0.05, 0.1) is 6.04 Å². The highest BCUT2D eigenvalue weighted by Crippen LogP contribution is 2.28. The third-order valence-corrected chi connectivity index (χ3v) is 3.19. The normalized spacial score (nSPS) is 28.0. The summed E-state index contributed by atoms with van der Waals surface area (Å²) in [5.74, 6) is 1.96. The van der Waals surface area contributed by atoms with Gasteiger partial charge in [-0.05, 0) is 6.42 Å². The van der Waals surface area contributed by atoms with Gasteiger partial charge in [-0.15, -0.1) is 12.3 Å². The molecule has 82 valence electrons. The predicted molar refractivity (Wildman–Crippen MR) is 57.7 cm³/mol. The van der Waals surface area contributed by atoms with Crippen LogP contribution >= 0.6 is 0 Å². The molecule has 3 unspecified atom stereocenters. The molecule has 15 heavy (non-hydrogen) atoms. The van der Waals surface area contributed by atoms with Crippen LogP contribution in [0.5, 0.6) is 0 Å². The van der Waals surface area contributed by atoms with Crippen molar-refractivity contribution >= 4 is 11.8 Å². The lowest BCUT2D eigenvalue weighted by Gasteiger charge is -2.23. The minimum atomic E-state index is -0.204. The van der Waals surface area contributed by atoms with Crippen LogP contribution in [0.2, 0.25) is 0 Å². The summed E-state index contributed by atoms with van der Waals surface area (Å²) in [6.07, 6.45) is 6.41. The van der Waals surface area contributed by atoms with Crippen LogP contribution in [0.15, 0.2) is 0 Å². The van der Waals surface area contributed by atoms with E-state index in [2.05, 4.69) is 5.92 Å². The maximum Gasteiger partial charge on any atom is 0.233 e. The minimum Gasteiger partial charge on any atom is -0.278 e.